The minimum Gasteiger partial charge on any atom is -0.280 e. The Labute approximate surface area is 93.8 Å². The first-order valence-corrected chi connectivity index (χ1v) is 5.16. The van der Waals surface area contributed by atoms with E-state index >= 15 is 0 Å². The number of likely N-dealkylation sites (tertiary alicyclic amines) is 1. The predicted octanol–water partition coefficient (Wildman–Crippen LogP) is 1.29. The van der Waals surface area contributed by atoms with E-state index in [0.717, 1.165) is 4.90 Å². The third-order valence-electron chi connectivity index (χ3n) is 2.34. The summed E-state index contributed by atoms with van der Waals surface area (Å²) in [6.07, 6.45) is 0.654. The molecule has 1 rings (SSSR count). The number of hydrogen-bond acceptors (Lipinski definition) is 3. The Hall–Kier alpha value is -1.08. The summed E-state index contributed by atoms with van der Waals surface area (Å²) in [6.45, 7) is 3.75. The van der Waals surface area contributed by atoms with Crippen molar-refractivity contribution in [1.29, 1.82) is 5.26 Å². The molecule has 0 bridgehead atoms. The lowest BCUT2D eigenvalue weighted by Gasteiger charge is -2.34. The molecule has 0 N–H and O–H groups in total. The molecule has 0 aromatic carbocycles. The molecule has 0 aliphatic carbocycles. The smallest absolute Gasteiger partial charge is 0.229 e. The zero-order valence-electron chi connectivity index (χ0n) is 8.79. The van der Waals surface area contributed by atoms with Crippen molar-refractivity contribution in [1.82, 2.24) is 4.90 Å². The Morgan fingerprint density at radius 2 is 1.93 bits per heavy atom. The van der Waals surface area contributed by atoms with Crippen LogP contribution in [-0.2, 0) is 9.59 Å². The maximum atomic E-state index is 11.6. The fourth-order valence-corrected chi connectivity index (χ4v) is 1.75. The van der Waals surface area contributed by atoms with Crippen LogP contribution in [0.25, 0.3) is 0 Å². The Kier molecular flexibility index (Phi) is 3.35. The van der Waals surface area contributed by atoms with Gasteiger partial charge < -0.3 is 0 Å². The molecule has 0 aromatic rings. The van der Waals surface area contributed by atoms with Crippen LogP contribution in [0, 0.1) is 16.7 Å². The standard InChI is InChI=1S/C10H13ClN2O2/c1-10(2)3-8(14)13(9(15)4-10)6-7(11)5-12/h7H,3-4,6H2,1-2H3. The van der Waals surface area contributed by atoms with Crippen LogP contribution in [0.2, 0.25) is 0 Å². The molecule has 5 heteroatoms. The number of alkyl halides is 1. The molecule has 15 heavy (non-hydrogen) atoms. The molecular weight excluding hydrogens is 216 g/mol. The highest BCUT2D eigenvalue weighted by molar-refractivity contribution is 6.22. The molecule has 4 nitrogen and oxygen atoms in total. The minimum atomic E-state index is -0.820. The second kappa shape index (κ2) is 4.19. The number of nitrogens with zero attached hydrogens (tertiary/aromatic N) is 2. The topological polar surface area (TPSA) is 61.2 Å². The summed E-state index contributed by atoms with van der Waals surface area (Å²) in [7, 11) is 0. The van der Waals surface area contributed by atoms with Crippen molar-refractivity contribution in [2.75, 3.05) is 6.54 Å². The molecule has 1 fully saturated rings. The first-order chi connectivity index (χ1) is 6.85. The van der Waals surface area contributed by atoms with Crippen molar-refractivity contribution in [3.8, 4) is 6.07 Å². The molecule has 0 radical (unpaired) electrons. The number of hydrogen-bond donors (Lipinski definition) is 0. The van der Waals surface area contributed by atoms with Gasteiger partial charge in [-0.05, 0) is 5.41 Å². The molecule has 1 aliphatic heterocycles. The summed E-state index contributed by atoms with van der Waals surface area (Å²) in [4.78, 5) is 24.3. The van der Waals surface area contributed by atoms with Gasteiger partial charge in [-0.3, -0.25) is 14.5 Å². The Morgan fingerprint density at radius 1 is 1.47 bits per heavy atom. The van der Waals surface area contributed by atoms with Crippen LogP contribution in [0.5, 0.6) is 0 Å². The van der Waals surface area contributed by atoms with Gasteiger partial charge in [0.05, 0.1) is 12.6 Å². The van der Waals surface area contributed by atoms with Gasteiger partial charge in [0.15, 0.2) is 0 Å². The molecular formula is C10H13ClN2O2. The fourth-order valence-electron chi connectivity index (χ4n) is 1.62. The van der Waals surface area contributed by atoms with Crippen molar-refractivity contribution in [2.24, 2.45) is 5.41 Å². The molecule has 0 saturated carbocycles. The van der Waals surface area contributed by atoms with Crippen molar-refractivity contribution >= 4 is 23.4 Å². The van der Waals surface area contributed by atoms with E-state index in [1.54, 1.807) is 6.07 Å². The lowest BCUT2D eigenvalue weighted by Crippen LogP contribution is -2.48. The second-order valence-electron chi connectivity index (χ2n) is 4.51. The van der Waals surface area contributed by atoms with E-state index in [1.165, 1.54) is 0 Å². The summed E-state index contributed by atoms with van der Waals surface area (Å²) < 4.78 is 0. The van der Waals surface area contributed by atoms with E-state index < -0.39 is 5.38 Å². The molecule has 1 unspecified atom stereocenters. The summed E-state index contributed by atoms with van der Waals surface area (Å²) >= 11 is 5.59. The number of nitriles is 1. The maximum absolute atomic E-state index is 11.6. The number of amides is 2. The molecule has 0 aromatic heterocycles. The summed E-state index contributed by atoms with van der Waals surface area (Å²) in [5.41, 5.74) is -0.279. The predicted molar refractivity (Wildman–Crippen MR) is 55.0 cm³/mol. The number of halogens is 1. The number of carbonyl (C=O) groups excluding carboxylic acids is 2. The van der Waals surface area contributed by atoms with Crippen LogP contribution >= 0.6 is 11.6 Å². The van der Waals surface area contributed by atoms with Gasteiger partial charge in [-0.25, -0.2) is 0 Å². The van der Waals surface area contributed by atoms with Crippen molar-refractivity contribution in [2.45, 2.75) is 32.1 Å². The van der Waals surface area contributed by atoms with E-state index in [4.69, 9.17) is 16.9 Å². The van der Waals surface area contributed by atoms with Crippen LogP contribution in [0.4, 0.5) is 0 Å². The third-order valence-corrected chi connectivity index (χ3v) is 2.58. The molecule has 1 aliphatic rings. The largest absolute Gasteiger partial charge is 0.280 e. The monoisotopic (exact) mass is 228 g/mol. The maximum Gasteiger partial charge on any atom is 0.229 e. The number of carbonyl (C=O) groups is 2. The number of rotatable bonds is 2. The van der Waals surface area contributed by atoms with Crippen LogP contribution in [0.1, 0.15) is 26.7 Å². The second-order valence-corrected chi connectivity index (χ2v) is 5.04. The van der Waals surface area contributed by atoms with Gasteiger partial charge in [0.25, 0.3) is 0 Å². The zero-order valence-corrected chi connectivity index (χ0v) is 9.54. The molecule has 2 amide bonds. The average molecular weight is 229 g/mol. The van der Waals surface area contributed by atoms with Gasteiger partial charge >= 0.3 is 0 Å². The fraction of sp³-hybridized carbons (Fsp3) is 0.700. The highest BCUT2D eigenvalue weighted by Gasteiger charge is 2.37. The number of imide groups is 1. The zero-order chi connectivity index (χ0) is 11.6. The lowest BCUT2D eigenvalue weighted by atomic mass is 9.82. The van der Waals surface area contributed by atoms with Gasteiger partial charge in [0, 0.05) is 12.8 Å². The first kappa shape index (κ1) is 12.0. The average Bonchev–Trinajstić information content (AvgIpc) is 2.09. The van der Waals surface area contributed by atoms with Crippen molar-refractivity contribution in [3.63, 3.8) is 0 Å². The van der Waals surface area contributed by atoms with E-state index in [-0.39, 0.29) is 23.8 Å². The Balaban J connectivity index is 2.72. The van der Waals surface area contributed by atoms with E-state index in [2.05, 4.69) is 0 Å². The van der Waals surface area contributed by atoms with Crippen LogP contribution in [0.3, 0.4) is 0 Å². The van der Waals surface area contributed by atoms with E-state index in [9.17, 15) is 9.59 Å². The highest BCUT2D eigenvalue weighted by atomic mass is 35.5. The molecule has 0 spiro atoms. The van der Waals surface area contributed by atoms with E-state index in [1.807, 2.05) is 13.8 Å². The normalized spacial score (nSPS) is 22.4. The Morgan fingerprint density at radius 3 is 2.33 bits per heavy atom. The molecule has 1 saturated heterocycles. The van der Waals surface area contributed by atoms with E-state index in [0.29, 0.717) is 12.8 Å². The highest BCUT2D eigenvalue weighted by Crippen LogP contribution is 2.31. The quantitative estimate of drug-likeness (QED) is 0.529. The summed E-state index contributed by atoms with van der Waals surface area (Å²) in [6, 6.07) is 1.79. The van der Waals surface area contributed by atoms with Gasteiger partial charge in [-0.2, -0.15) is 5.26 Å². The molecule has 1 heterocycles. The Bertz CT molecular complexity index is 313. The third kappa shape index (κ3) is 2.93. The molecule has 1 atom stereocenters. The SMILES string of the molecule is CC1(C)CC(=O)N(CC(Cl)C#N)C(=O)C1. The molecule has 82 valence electrons. The van der Waals surface area contributed by atoms with Crippen molar-refractivity contribution < 1.29 is 9.59 Å². The lowest BCUT2D eigenvalue weighted by molar-refractivity contribution is -0.152. The van der Waals surface area contributed by atoms with Crippen LogP contribution in [0.15, 0.2) is 0 Å². The first-order valence-electron chi connectivity index (χ1n) is 4.72. The van der Waals surface area contributed by atoms with Gasteiger partial charge in [-0.1, -0.05) is 13.8 Å². The van der Waals surface area contributed by atoms with Gasteiger partial charge in [-0.15, -0.1) is 11.6 Å². The minimum absolute atomic E-state index is 0.00813. The van der Waals surface area contributed by atoms with Crippen LogP contribution in [-0.4, -0.2) is 28.6 Å². The van der Waals surface area contributed by atoms with Gasteiger partial charge in [0.1, 0.15) is 5.38 Å². The summed E-state index contributed by atoms with van der Waals surface area (Å²) in [5.74, 6) is -0.477. The van der Waals surface area contributed by atoms with Gasteiger partial charge in [0.2, 0.25) is 11.8 Å². The van der Waals surface area contributed by atoms with Crippen LogP contribution < -0.4 is 0 Å². The number of piperidine rings is 1. The summed E-state index contributed by atoms with van der Waals surface area (Å²) in [5, 5.41) is 7.69. The van der Waals surface area contributed by atoms with Crippen molar-refractivity contribution in [3.05, 3.63) is 0 Å².